The van der Waals surface area contributed by atoms with Gasteiger partial charge in [-0.25, -0.2) is 0 Å². The smallest absolute Gasteiger partial charge is 0.327 e. The summed E-state index contributed by atoms with van der Waals surface area (Å²) in [5.74, 6) is -0.887. The zero-order chi connectivity index (χ0) is 18.3. The fraction of sp³-hybridized carbons (Fsp3) is 0.579. The Morgan fingerprint density at radius 3 is 2.44 bits per heavy atom. The van der Waals surface area contributed by atoms with E-state index in [1.165, 1.54) is 0 Å². The van der Waals surface area contributed by atoms with Crippen LogP contribution < -0.4 is 10.8 Å². The number of esters is 1. The van der Waals surface area contributed by atoms with Crippen molar-refractivity contribution in [2.75, 3.05) is 13.1 Å². The molecule has 0 bridgehead atoms. The molecule has 6 nitrogen and oxygen atoms in total. The highest BCUT2D eigenvalue weighted by molar-refractivity contribution is 5.77. The molecule has 0 aromatic heterocycles. The van der Waals surface area contributed by atoms with Gasteiger partial charge in [-0.15, -0.1) is 5.48 Å². The molecule has 0 saturated carbocycles. The van der Waals surface area contributed by atoms with Crippen LogP contribution in [0.25, 0.3) is 0 Å². The van der Waals surface area contributed by atoms with Crippen LogP contribution in [0.2, 0.25) is 0 Å². The van der Waals surface area contributed by atoms with Gasteiger partial charge >= 0.3 is 11.9 Å². The fourth-order valence-electron chi connectivity index (χ4n) is 2.67. The van der Waals surface area contributed by atoms with E-state index in [1.807, 2.05) is 51.1 Å². The maximum absolute atomic E-state index is 12.5. The Labute approximate surface area is 149 Å². The number of rotatable bonds is 6. The quantitative estimate of drug-likeness (QED) is 0.605. The van der Waals surface area contributed by atoms with Crippen molar-refractivity contribution in [3.8, 4) is 0 Å². The van der Waals surface area contributed by atoms with Gasteiger partial charge in [-0.1, -0.05) is 30.3 Å². The molecule has 1 saturated heterocycles. The molecule has 0 amide bonds. The monoisotopic (exact) mass is 348 g/mol. The lowest BCUT2D eigenvalue weighted by atomic mass is 9.99. The maximum Gasteiger partial charge on any atom is 0.327 e. The van der Waals surface area contributed by atoms with Crippen LogP contribution in [0.1, 0.15) is 39.2 Å². The Hall–Kier alpha value is -1.92. The van der Waals surface area contributed by atoms with Crippen molar-refractivity contribution in [3.05, 3.63) is 35.9 Å². The van der Waals surface area contributed by atoms with Crippen LogP contribution in [0.3, 0.4) is 0 Å². The first-order valence-electron chi connectivity index (χ1n) is 8.79. The molecule has 1 aliphatic heterocycles. The van der Waals surface area contributed by atoms with Crippen molar-refractivity contribution >= 4 is 11.9 Å². The van der Waals surface area contributed by atoms with Crippen LogP contribution in [-0.4, -0.2) is 36.7 Å². The zero-order valence-corrected chi connectivity index (χ0v) is 15.2. The number of carbonyl (C=O) groups is 2. The van der Waals surface area contributed by atoms with Crippen LogP contribution in [0.4, 0.5) is 0 Å². The van der Waals surface area contributed by atoms with E-state index in [9.17, 15) is 9.59 Å². The molecular formula is C19H28N2O4. The Kier molecular flexibility index (Phi) is 6.96. The molecule has 0 aliphatic carbocycles. The lowest BCUT2D eigenvalue weighted by Gasteiger charge is -2.25. The standard InChI is InChI=1S/C19H28N2O4/c1-19(2,3)24-18(23)16(13-14-7-5-4-6-8-14)21-25-17(22)15-9-11-20-12-10-15/h4-8,15-16,20-21H,9-13H2,1-3H3/t16-/m0/s1. The lowest BCUT2D eigenvalue weighted by Crippen LogP contribution is -2.45. The maximum atomic E-state index is 12.5. The average molecular weight is 348 g/mol. The summed E-state index contributed by atoms with van der Waals surface area (Å²) < 4.78 is 5.45. The molecule has 2 rings (SSSR count). The third-order valence-electron chi connectivity index (χ3n) is 3.95. The Morgan fingerprint density at radius 2 is 1.84 bits per heavy atom. The Morgan fingerprint density at radius 1 is 1.20 bits per heavy atom. The first-order valence-corrected chi connectivity index (χ1v) is 8.79. The molecule has 1 aliphatic rings. The molecule has 1 heterocycles. The summed E-state index contributed by atoms with van der Waals surface area (Å²) in [6, 6.07) is 8.83. The third-order valence-corrected chi connectivity index (χ3v) is 3.95. The second kappa shape index (κ2) is 8.97. The number of carbonyl (C=O) groups excluding carboxylic acids is 2. The number of hydrogen-bond donors (Lipinski definition) is 2. The van der Waals surface area contributed by atoms with E-state index in [2.05, 4.69) is 10.8 Å². The number of piperidine rings is 1. The summed E-state index contributed by atoms with van der Waals surface area (Å²) in [5.41, 5.74) is 3.00. The lowest BCUT2D eigenvalue weighted by molar-refractivity contribution is -0.169. The molecular weight excluding hydrogens is 320 g/mol. The van der Waals surface area contributed by atoms with Gasteiger partial charge in [0.15, 0.2) is 0 Å². The van der Waals surface area contributed by atoms with E-state index < -0.39 is 17.6 Å². The first-order chi connectivity index (χ1) is 11.8. The molecule has 25 heavy (non-hydrogen) atoms. The highest BCUT2D eigenvalue weighted by Crippen LogP contribution is 2.14. The third kappa shape index (κ3) is 6.84. The summed E-state index contributed by atoms with van der Waals surface area (Å²) >= 11 is 0. The molecule has 1 atom stereocenters. The SMILES string of the molecule is CC(C)(C)OC(=O)[C@H](Cc1ccccc1)NOC(=O)C1CCNCC1. The summed E-state index contributed by atoms with van der Waals surface area (Å²) in [6.07, 6.45) is 1.88. The van der Waals surface area contributed by atoms with Crippen molar-refractivity contribution in [2.45, 2.75) is 51.7 Å². The molecule has 138 valence electrons. The highest BCUT2D eigenvalue weighted by Gasteiger charge is 2.29. The van der Waals surface area contributed by atoms with Crippen molar-refractivity contribution in [2.24, 2.45) is 5.92 Å². The predicted octanol–water partition coefficient (Wildman–Crippen LogP) is 1.99. The van der Waals surface area contributed by atoms with Gasteiger partial charge in [0.05, 0.1) is 5.92 Å². The van der Waals surface area contributed by atoms with Crippen molar-refractivity contribution in [3.63, 3.8) is 0 Å². The molecule has 6 heteroatoms. The first kappa shape index (κ1) is 19.4. The normalized spacial score (nSPS) is 16.9. The molecule has 1 aromatic carbocycles. The fourth-order valence-corrected chi connectivity index (χ4v) is 2.67. The Bertz CT molecular complexity index is 563. The van der Waals surface area contributed by atoms with Crippen LogP contribution in [0, 0.1) is 5.92 Å². The van der Waals surface area contributed by atoms with Gasteiger partial charge in [0, 0.05) is 6.42 Å². The van der Waals surface area contributed by atoms with Crippen LogP contribution in [0.5, 0.6) is 0 Å². The largest absolute Gasteiger partial charge is 0.459 e. The highest BCUT2D eigenvalue weighted by atomic mass is 16.7. The molecule has 2 N–H and O–H groups in total. The van der Waals surface area contributed by atoms with Gasteiger partial charge in [-0.2, -0.15) is 0 Å². The van der Waals surface area contributed by atoms with Gasteiger partial charge in [0.25, 0.3) is 0 Å². The number of ether oxygens (including phenoxy) is 1. The van der Waals surface area contributed by atoms with Crippen LogP contribution in [0.15, 0.2) is 30.3 Å². The second-order valence-electron chi connectivity index (χ2n) is 7.34. The second-order valence-corrected chi connectivity index (χ2v) is 7.34. The van der Waals surface area contributed by atoms with Gasteiger partial charge in [-0.05, 0) is 52.3 Å². The number of nitrogens with one attached hydrogen (secondary N) is 2. The van der Waals surface area contributed by atoms with E-state index in [0.717, 1.165) is 31.5 Å². The summed E-state index contributed by atoms with van der Waals surface area (Å²) in [7, 11) is 0. The minimum absolute atomic E-state index is 0.134. The van der Waals surface area contributed by atoms with Gasteiger partial charge in [0.1, 0.15) is 11.6 Å². The summed E-state index contributed by atoms with van der Waals surface area (Å²) in [6.45, 7) is 7.04. The molecule has 1 aromatic rings. The topological polar surface area (TPSA) is 76.7 Å². The van der Waals surface area contributed by atoms with Gasteiger partial charge in [0.2, 0.25) is 0 Å². The van der Waals surface area contributed by atoms with Gasteiger partial charge < -0.3 is 14.9 Å². The van der Waals surface area contributed by atoms with Crippen LogP contribution >= 0.6 is 0 Å². The Balaban J connectivity index is 1.97. The van der Waals surface area contributed by atoms with E-state index >= 15 is 0 Å². The van der Waals surface area contributed by atoms with Crippen LogP contribution in [-0.2, 0) is 25.6 Å². The summed E-state index contributed by atoms with van der Waals surface area (Å²) in [4.78, 5) is 29.9. The van der Waals surface area contributed by atoms with Gasteiger partial charge in [-0.3, -0.25) is 9.59 Å². The van der Waals surface area contributed by atoms with Crippen molar-refractivity contribution < 1.29 is 19.2 Å². The molecule has 0 unspecified atom stereocenters. The average Bonchev–Trinajstić information content (AvgIpc) is 2.58. The van der Waals surface area contributed by atoms with Crippen molar-refractivity contribution in [1.29, 1.82) is 0 Å². The minimum Gasteiger partial charge on any atom is -0.459 e. The number of hydroxylamine groups is 1. The van der Waals surface area contributed by atoms with E-state index in [4.69, 9.17) is 9.57 Å². The predicted molar refractivity (Wildman–Crippen MR) is 94.6 cm³/mol. The minimum atomic E-state index is -0.743. The molecule has 0 radical (unpaired) electrons. The zero-order valence-electron chi connectivity index (χ0n) is 15.2. The molecule has 0 spiro atoms. The van der Waals surface area contributed by atoms with E-state index in [1.54, 1.807) is 0 Å². The van der Waals surface area contributed by atoms with E-state index in [-0.39, 0.29) is 11.9 Å². The van der Waals surface area contributed by atoms with E-state index in [0.29, 0.717) is 6.42 Å². The molecule has 1 fully saturated rings. The number of benzene rings is 1. The summed E-state index contributed by atoms with van der Waals surface area (Å²) in [5, 5.41) is 3.21. The number of hydrogen-bond acceptors (Lipinski definition) is 6. The van der Waals surface area contributed by atoms with Crippen molar-refractivity contribution in [1.82, 2.24) is 10.8 Å².